The lowest BCUT2D eigenvalue weighted by Gasteiger charge is -2.29. The van der Waals surface area contributed by atoms with Crippen LogP contribution in [-0.2, 0) is 0 Å². The maximum absolute atomic E-state index is 6.07. The zero-order valence-corrected chi connectivity index (χ0v) is 11.3. The minimum Gasteiger partial charge on any atom is -0.327 e. The normalized spacial score (nSPS) is 24.2. The van der Waals surface area contributed by atoms with Gasteiger partial charge in [-0.2, -0.15) is 0 Å². The van der Waals surface area contributed by atoms with Gasteiger partial charge in [-0.15, -0.1) is 0 Å². The first-order valence-electron chi connectivity index (χ1n) is 6.85. The second-order valence-electron chi connectivity index (χ2n) is 5.19. The van der Waals surface area contributed by atoms with E-state index < -0.39 is 0 Å². The molecule has 0 amide bonds. The molecule has 0 radical (unpaired) electrons. The van der Waals surface area contributed by atoms with Gasteiger partial charge in [-0.05, 0) is 39.4 Å². The quantitative estimate of drug-likeness (QED) is 0.716. The molecular weight excluding hydrogens is 198 g/mol. The maximum Gasteiger partial charge on any atom is 0.0223 e. The fourth-order valence-corrected chi connectivity index (χ4v) is 2.81. The van der Waals surface area contributed by atoms with Crippen molar-refractivity contribution in [1.82, 2.24) is 9.80 Å². The van der Waals surface area contributed by atoms with Gasteiger partial charge in [0.25, 0.3) is 0 Å². The third-order valence-electron chi connectivity index (χ3n) is 3.63. The summed E-state index contributed by atoms with van der Waals surface area (Å²) in [5.41, 5.74) is 6.07. The smallest absolute Gasteiger partial charge is 0.0223 e. The van der Waals surface area contributed by atoms with Gasteiger partial charge < -0.3 is 10.6 Å². The average molecular weight is 227 g/mol. The Morgan fingerprint density at radius 3 is 2.81 bits per heavy atom. The largest absolute Gasteiger partial charge is 0.327 e. The summed E-state index contributed by atoms with van der Waals surface area (Å²) in [6.45, 7) is 9.18. The average Bonchev–Trinajstić information content (AvgIpc) is 2.65. The molecule has 1 aliphatic rings. The predicted octanol–water partition coefficient (Wildman–Crippen LogP) is 1.53. The first kappa shape index (κ1) is 13.9. The minimum absolute atomic E-state index is 0.353. The topological polar surface area (TPSA) is 32.5 Å². The Kier molecular flexibility index (Phi) is 6.32. The molecule has 2 atom stereocenters. The summed E-state index contributed by atoms with van der Waals surface area (Å²) in [5.74, 6) is 0. The fourth-order valence-electron chi connectivity index (χ4n) is 2.81. The zero-order chi connectivity index (χ0) is 12.0. The van der Waals surface area contributed by atoms with Gasteiger partial charge in [-0.1, -0.05) is 20.3 Å². The van der Waals surface area contributed by atoms with Crippen molar-refractivity contribution in [2.24, 2.45) is 5.73 Å². The molecule has 2 unspecified atom stereocenters. The minimum atomic E-state index is 0.353. The van der Waals surface area contributed by atoms with Crippen LogP contribution in [0.3, 0.4) is 0 Å². The van der Waals surface area contributed by atoms with E-state index in [9.17, 15) is 0 Å². The van der Waals surface area contributed by atoms with Gasteiger partial charge in [0.2, 0.25) is 0 Å². The molecule has 1 rings (SSSR count). The molecule has 0 bridgehead atoms. The monoisotopic (exact) mass is 227 g/mol. The van der Waals surface area contributed by atoms with E-state index in [1.165, 1.54) is 38.9 Å². The van der Waals surface area contributed by atoms with Crippen LogP contribution in [0.2, 0.25) is 0 Å². The highest BCUT2D eigenvalue weighted by atomic mass is 15.2. The summed E-state index contributed by atoms with van der Waals surface area (Å²) in [7, 11) is 2.21. The van der Waals surface area contributed by atoms with E-state index >= 15 is 0 Å². The van der Waals surface area contributed by atoms with Crippen LogP contribution >= 0.6 is 0 Å². The van der Waals surface area contributed by atoms with Gasteiger partial charge >= 0.3 is 0 Å². The molecule has 0 spiro atoms. The Bertz CT molecular complexity index is 184. The SMILES string of the molecule is CCCC(N)CN(C)CC1CCCN1CC. The number of likely N-dealkylation sites (N-methyl/N-ethyl adjacent to an activating group) is 2. The van der Waals surface area contributed by atoms with Gasteiger partial charge in [-0.25, -0.2) is 0 Å². The highest BCUT2D eigenvalue weighted by molar-refractivity contribution is 4.81. The summed E-state index contributed by atoms with van der Waals surface area (Å²) >= 11 is 0. The van der Waals surface area contributed by atoms with Gasteiger partial charge in [-0.3, -0.25) is 4.90 Å². The van der Waals surface area contributed by atoms with Crippen molar-refractivity contribution in [1.29, 1.82) is 0 Å². The van der Waals surface area contributed by atoms with Gasteiger partial charge in [0.05, 0.1) is 0 Å². The molecule has 1 heterocycles. The molecule has 0 aromatic rings. The summed E-state index contributed by atoms with van der Waals surface area (Å²) in [6.07, 6.45) is 5.07. The molecule has 1 saturated heterocycles. The van der Waals surface area contributed by atoms with Crippen molar-refractivity contribution in [2.45, 2.75) is 51.6 Å². The van der Waals surface area contributed by atoms with Crippen LogP contribution in [0.25, 0.3) is 0 Å². The van der Waals surface area contributed by atoms with Crippen molar-refractivity contribution < 1.29 is 0 Å². The van der Waals surface area contributed by atoms with Crippen LogP contribution in [-0.4, -0.2) is 55.1 Å². The van der Waals surface area contributed by atoms with E-state index in [0.29, 0.717) is 6.04 Å². The second-order valence-corrected chi connectivity index (χ2v) is 5.19. The number of hydrogen-bond acceptors (Lipinski definition) is 3. The summed E-state index contributed by atoms with van der Waals surface area (Å²) < 4.78 is 0. The van der Waals surface area contributed by atoms with Crippen molar-refractivity contribution in [3.05, 3.63) is 0 Å². The van der Waals surface area contributed by atoms with Crippen LogP contribution in [0.5, 0.6) is 0 Å². The summed E-state index contributed by atoms with van der Waals surface area (Å²) in [6, 6.07) is 1.12. The lowest BCUT2D eigenvalue weighted by molar-refractivity contribution is 0.192. The standard InChI is InChI=1S/C13H29N3/c1-4-7-12(14)10-15(3)11-13-8-6-9-16(13)5-2/h12-13H,4-11,14H2,1-3H3. The Labute approximate surface area is 101 Å². The molecule has 0 aromatic carbocycles. The fraction of sp³-hybridized carbons (Fsp3) is 1.00. The first-order valence-corrected chi connectivity index (χ1v) is 6.85. The number of nitrogens with two attached hydrogens (primary N) is 1. The molecule has 0 aromatic heterocycles. The molecule has 1 fully saturated rings. The van der Waals surface area contributed by atoms with E-state index in [4.69, 9.17) is 5.73 Å². The molecule has 0 aliphatic carbocycles. The van der Waals surface area contributed by atoms with E-state index in [1.807, 2.05) is 0 Å². The molecular formula is C13H29N3. The number of likely N-dealkylation sites (tertiary alicyclic amines) is 1. The molecule has 3 heteroatoms. The van der Waals surface area contributed by atoms with Crippen LogP contribution in [0.4, 0.5) is 0 Å². The van der Waals surface area contributed by atoms with Crippen molar-refractivity contribution in [3.8, 4) is 0 Å². The van der Waals surface area contributed by atoms with E-state index in [2.05, 4.69) is 30.7 Å². The lowest BCUT2D eigenvalue weighted by atomic mass is 10.1. The first-order chi connectivity index (χ1) is 7.67. The number of hydrogen-bond donors (Lipinski definition) is 1. The van der Waals surface area contributed by atoms with E-state index in [0.717, 1.165) is 19.0 Å². The third kappa shape index (κ3) is 4.40. The molecule has 96 valence electrons. The van der Waals surface area contributed by atoms with Gasteiger partial charge in [0.1, 0.15) is 0 Å². The van der Waals surface area contributed by atoms with Crippen LogP contribution in [0.15, 0.2) is 0 Å². The summed E-state index contributed by atoms with van der Waals surface area (Å²) in [4.78, 5) is 5.01. The molecule has 0 saturated carbocycles. The lowest BCUT2D eigenvalue weighted by Crippen LogP contribution is -2.43. The zero-order valence-electron chi connectivity index (χ0n) is 11.3. The van der Waals surface area contributed by atoms with Crippen LogP contribution < -0.4 is 5.73 Å². The van der Waals surface area contributed by atoms with Crippen LogP contribution in [0.1, 0.15) is 39.5 Å². The van der Waals surface area contributed by atoms with Crippen LogP contribution in [0, 0.1) is 0 Å². The van der Waals surface area contributed by atoms with E-state index in [1.54, 1.807) is 0 Å². The molecule has 2 N–H and O–H groups in total. The molecule has 16 heavy (non-hydrogen) atoms. The number of nitrogens with zero attached hydrogens (tertiary/aromatic N) is 2. The van der Waals surface area contributed by atoms with E-state index in [-0.39, 0.29) is 0 Å². The highest BCUT2D eigenvalue weighted by Gasteiger charge is 2.24. The molecule has 1 aliphatic heterocycles. The van der Waals surface area contributed by atoms with Crippen molar-refractivity contribution in [2.75, 3.05) is 33.2 Å². The Hall–Kier alpha value is -0.120. The van der Waals surface area contributed by atoms with Gasteiger partial charge in [0.15, 0.2) is 0 Å². The maximum atomic E-state index is 6.07. The van der Waals surface area contributed by atoms with Gasteiger partial charge in [0, 0.05) is 25.2 Å². The summed E-state index contributed by atoms with van der Waals surface area (Å²) in [5, 5.41) is 0. The predicted molar refractivity (Wildman–Crippen MR) is 70.6 cm³/mol. The highest BCUT2D eigenvalue weighted by Crippen LogP contribution is 2.17. The number of rotatable bonds is 7. The second kappa shape index (κ2) is 7.25. The van der Waals surface area contributed by atoms with Crippen molar-refractivity contribution >= 4 is 0 Å². The Morgan fingerprint density at radius 2 is 2.19 bits per heavy atom. The molecule has 3 nitrogen and oxygen atoms in total. The Balaban J connectivity index is 2.24. The van der Waals surface area contributed by atoms with Crippen molar-refractivity contribution in [3.63, 3.8) is 0 Å². The Morgan fingerprint density at radius 1 is 1.44 bits per heavy atom. The third-order valence-corrected chi connectivity index (χ3v) is 3.63.